The van der Waals surface area contributed by atoms with E-state index in [1.807, 2.05) is 6.92 Å². The van der Waals surface area contributed by atoms with Crippen LogP contribution in [-0.2, 0) is 4.79 Å². The molecule has 3 nitrogen and oxygen atoms in total. The molecule has 0 spiro atoms. The third-order valence-electron chi connectivity index (χ3n) is 2.92. The maximum atomic E-state index is 11.1. The number of nitrogens with zero attached hydrogens (tertiary/aromatic N) is 1. The summed E-state index contributed by atoms with van der Waals surface area (Å²) in [6, 6.07) is 0. The smallest absolute Gasteiger partial charge is 0.247 e. The van der Waals surface area contributed by atoms with Gasteiger partial charge in [-0.1, -0.05) is 6.58 Å². The third-order valence-corrected chi connectivity index (χ3v) is 2.92. The van der Waals surface area contributed by atoms with E-state index in [0.29, 0.717) is 0 Å². The first-order valence-corrected chi connectivity index (χ1v) is 4.77. The monoisotopic (exact) mass is 220 g/mol. The quantitative estimate of drug-likeness (QED) is 0.328. The second-order valence-electron chi connectivity index (χ2n) is 3.50. The number of carbonyl (C=O) groups excluding carboxylic acids is 1. The van der Waals surface area contributed by atoms with Crippen molar-refractivity contribution in [3.05, 3.63) is 12.7 Å². The van der Waals surface area contributed by atoms with Crippen LogP contribution in [0.1, 0.15) is 20.8 Å². The van der Waals surface area contributed by atoms with Crippen LogP contribution >= 0.6 is 0 Å². The Hall–Kier alpha value is -0.540. The molecular weight excluding hydrogens is 200 g/mol. The van der Waals surface area contributed by atoms with Crippen molar-refractivity contribution in [1.82, 2.24) is 5.32 Å². The highest BCUT2D eigenvalue weighted by molar-refractivity contribution is 5.86. The van der Waals surface area contributed by atoms with Gasteiger partial charge < -0.3 is 22.2 Å². The van der Waals surface area contributed by atoms with Crippen molar-refractivity contribution in [1.29, 1.82) is 0 Å². The lowest BCUT2D eigenvalue weighted by Crippen LogP contribution is -3.00. The molecule has 14 heavy (non-hydrogen) atoms. The zero-order valence-corrected chi connectivity index (χ0v) is 10.3. The Morgan fingerprint density at radius 2 is 1.93 bits per heavy atom. The lowest BCUT2D eigenvalue weighted by Gasteiger charge is -2.38. The molecule has 0 saturated heterocycles. The van der Waals surface area contributed by atoms with Crippen molar-refractivity contribution < 1.29 is 21.7 Å². The molecule has 0 aromatic rings. The second kappa shape index (κ2) is 6.85. The normalized spacial score (nSPS) is 12.6. The number of amides is 1. The SMILES string of the molecule is C=CC(=O)NC(C)[N+](C)(CC)CC.[Cl-]. The van der Waals surface area contributed by atoms with Crippen molar-refractivity contribution in [2.75, 3.05) is 20.1 Å². The van der Waals surface area contributed by atoms with Gasteiger partial charge in [-0.3, -0.25) is 4.79 Å². The number of nitrogens with one attached hydrogen (secondary N) is 1. The van der Waals surface area contributed by atoms with E-state index in [9.17, 15) is 4.79 Å². The van der Waals surface area contributed by atoms with Crippen LogP contribution in [0, 0.1) is 0 Å². The molecule has 0 radical (unpaired) electrons. The van der Waals surface area contributed by atoms with Crippen LogP contribution < -0.4 is 17.7 Å². The number of hydrogen-bond donors (Lipinski definition) is 1. The van der Waals surface area contributed by atoms with Gasteiger partial charge >= 0.3 is 0 Å². The Balaban J connectivity index is 0. The van der Waals surface area contributed by atoms with E-state index in [-0.39, 0.29) is 24.5 Å². The van der Waals surface area contributed by atoms with Gasteiger partial charge in [0.2, 0.25) is 5.91 Å². The highest BCUT2D eigenvalue weighted by Crippen LogP contribution is 2.06. The molecule has 1 unspecified atom stereocenters. The summed E-state index contributed by atoms with van der Waals surface area (Å²) in [4.78, 5) is 11.1. The van der Waals surface area contributed by atoms with Crippen LogP contribution in [0.4, 0.5) is 0 Å². The van der Waals surface area contributed by atoms with Crippen molar-refractivity contribution >= 4 is 5.91 Å². The molecule has 0 aromatic carbocycles. The van der Waals surface area contributed by atoms with E-state index in [1.54, 1.807) is 0 Å². The predicted molar refractivity (Wildman–Crippen MR) is 55.1 cm³/mol. The van der Waals surface area contributed by atoms with E-state index in [4.69, 9.17) is 0 Å². The maximum Gasteiger partial charge on any atom is 0.247 e. The van der Waals surface area contributed by atoms with Crippen LogP contribution in [-0.4, -0.2) is 36.7 Å². The van der Waals surface area contributed by atoms with Crippen LogP contribution in [0.3, 0.4) is 0 Å². The van der Waals surface area contributed by atoms with Gasteiger partial charge in [0, 0.05) is 6.92 Å². The van der Waals surface area contributed by atoms with Gasteiger partial charge in [0.05, 0.1) is 20.1 Å². The molecule has 0 rings (SSSR count). The fourth-order valence-corrected chi connectivity index (χ4v) is 1.19. The summed E-state index contributed by atoms with van der Waals surface area (Å²) in [6.45, 7) is 11.7. The van der Waals surface area contributed by atoms with Crippen molar-refractivity contribution in [3.63, 3.8) is 0 Å². The van der Waals surface area contributed by atoms with Crippen molar-refractivity contribution in [2.24, 2.45) is 0 Å². The van der Waals surface area contributed by atoms with E-state index in [1.165, 1.54) is 6.08 Å². The second-order valence-corrected chi connectivity index (χ2v) is 3.50. The topological polar surface area (TPSA) is 29.1 Å². The Kier molecular flexibility index (Phi) is 7.78. The summed E-state index contributed by atoms with van der Waals surface area (Å²) in [5.41, 5.74) is 0. The zero-order valence-electron chi connectivity index (χ0n) is 9.51. The number of halogens is 1. The van der Waals surface area contributed by atoms with Crippen LogP contribution in [0.5, 0.6) is 0 Å². The number of quaternary nitrogens is 1. The molecule has 0 aromatic heterocycles. The molecule has 1 N–H and O–H groups in total. The highest BCUT2D eigenvalue weighted by Gasteiger charge is 2.25. The fourth-order valence-electron chi connectivity index (χ4n) is 1.19. The summed E-state index contributed by atoms with van der Waals surface area (Å²) in [6.07, 6.45) is 1.45. The standard InChI is InChI=1S/C10H20N2O.ClH/c1-6-10(13)11-9(4)12(5,7-2)8-3;/h6,9H,1,7-8H2,2-5H3;1H. The summed E-state index contributed by atoms with van der Waals surface area (Å²) in [7, 11) is 2.13. The first kappa shape index (κ1) is 15.9. The Bertz CT molecular complexity index is 191. The summed E-state index contributed by atoms with van der Waals surface area (Å²) in [5, 5.41) is 2.89. The number of hydrogen-bond acceptors (Lipinski definition) is 1. The van der Waals surface area contributed by atoms with Gasteiger partial charge in [0.25, 0.3) is 0 Å². The molecule has 0 heterocycles. The Morgan fingerprint density at radius 1 is 1.50 bits per heavy atom. The van der Waals surface area contributed by atoms with E-state index < -0.39 is 0 Å². The van der Waals surface area contributed by atoms with Crippen molar-refractivity contribution in [3.8, 4) is 0 Å². The predicted octanol–water partition coefficient (Wildman–Crippen LogP) is -1.87. The minimum atomic E-state index is -0.0984. The summed E-state index contributed by atoms with van der Waals surface area (Å²) < 4.78 is 0.847. The molecule has 0 bridgehead atoms. The molecule has 0 aliphatic heterocycles. The molecule has 4 heteroatoms. The van der Waals surface area contributed by atoms with Gasteiger partial charge in [-0.2, -0.15) is 0 Å². The van der Waals surface area contributed by atoms with Gasteiger partial charge in [-0.25, -0.2) is 0 Å². The van der Waals surface area contributed by atoms with E-state index in [0.717, 1.165) is 17.6 Å². The van der Waals surface area contributed by atoms with Crippen LogP contribution in [0.25, 0.3) is 0 Å². The number of rotatable bonds is 5. The van der Waals surface area contributed by atoms with Gasteiger partial charge in [0.15, 0.2) is 6.17 Å². The van der Waals surface area contributed by atoms with Gasteiger partial charge in [0.1, 0.15) is 0 Å². The van der Waals surface area contributed by atoms with Gasteiger partial charge in [-0.15, -0.1) is 0 Å². The lowest BCUT2D eigenvalue weighted by atomic mass is 10.3. The van der Waals surface area contributed by atoms with Gasteiger partial charge in [-0.05, 0) is 19.9 Å². The maximum absolute atomic E-state index is 11.1. The Labute approximate surface area is 93.2 Å². The molecular formula is C10H21ClN2O. The molecule has 1 atom stereocenters. The average molecular weight is 221 g/mol. The molecule has 0 saturated carbocycles. The Morgan fingerprint density at radius 3 is 2.21 bits per heavy atom. The van der Waals surface area contributed by atoms with Crippen molar-refractivity contribution in [2.45, 2.75) is 26.9 Å². The van der Waals surface area contributed by atoms with Crippen LogP contribution in [0.15, 0.2) is 12.7 Å². The molecule has 0 aliphatic rings. The molecule has 84 valence electrons. The third kappa shape index (κ3) is 4.11. The number of carbonyl (C=O) groups is 1. The molecule has 1 amide bonds. The molecule has 0 fully saturated rings. The largest absolute Gasteiger partial charge is 1.00 e. The summed E-state index contributed by atoms with van der Waals surface area (Å²) in [5.74, 6) is -0.0984. The van der Waals surface area contributed by atoms with E-state index >= 15 is 0 Å². The van der Waals surface area contributed by atoms with Crippen LogP contribution in [0.2, 0.25) is 0 Å². The summed E-state index contributed by atoms with van der Waals surface area (Å²) >= 11 is 0. The zero-order chi connectivity index (χ0) is 10.5. The minimum Gasteiger partial charge on any atom is -1.00 e. The average Bonchev–Trinajstić information content (AvgIpc) is 2.16. The highest BCUT2D eigenvalue weighted by atomic mass is 35.5. The first-order chi connectivity index (χ1) is 6.00. The lowest BCUT2D eigenvalue weighted by molar-refractivity contribution is -0.930. The fraction of sp³-hybridized carbons (Fsp3) is 0.700. The molecule has 0 aliphatic carbocycles. The first-order valence-electron chi connectivity index (χ1n) is 4.77. The van der Waals surface area contributed by atoms with E-state index in [2.05, 4.69) is 32.8 Å². The minimum absolute atomic E-state index is 0.